The highest BCUT2D eigenvalue weighted by Gasteiger charge is 2.24. The number of anilines is 1. The van der Waals surface area contributed by atoms with Crippen LogP contribution >= 0.6 is 22.7 Å². The lowest BCUT2D eigenvalue weighted by atomic mass is 10.1. The second-order valence-corrected chi connectivity index (χ2v) is 7.59. The maximum atomic E-state index is 12.5. The van der Waals surface area contributed by atoms with Crippen molar-refractivity contribution in [2.75, 3.05) is 11.9 Å². The zero-order chi connectivity index (χ0) is 20.0. The Hall–Kier alpha value is -2.72. The Morgan fingerprint density at radius 2 is 1.93 bits per heavy atom. The van der Waals surface area contributed by atoms with E-state index in [1.807, 2.05) is 17.5 Å². The minimum absolute atomic E-state index is 0.139. The number of ether oxygens (including phenoxy) is 1. The molecule has 0 spiro atoms. The van der Waals surface area contributed by atoms with Crippen LogP contribution < -0.4 is 16.0 Å². The van der Waals surface area contributed by atoms with Gasteiger partial charge < -0.3 is 15.4 Å². The first-order chi connectivity index (χ1) is 12.8. The van der Waals surface area contributed by atoms with Crippen LogP contribution in [0, 0.1) is 0 Å². The van der Waals surface area contributed by atoms with Crippen LogP contribution in [0.15, 0.2) is 22.9 Å². The number of imide groups is 1. The Bertz CT molecular complexity index is 843. The van der Waals surface area contributed by atoms with Crippen LogP contribution in [0.5, 0.6) is 0 Å². The normalized spacial score (nSPS) is 10.4. The quantitative estimate of drug-likeness (QED) is 0.635. The summed E-state index contributed by atoms with van der Waals surface area (Å²) in [4.78, 5) is 48.0. The molecule has 0 bridgehead atoms. The average Bonchev–Trinajstić information content (AvgIpc) is 3.20. The van der Waals surface area contributed by atoms with Gasteiger partial charge in [-0.25, -0.2) is 9.59 Å². The Morgan fingerprint density at radius 1 is 1.19 bits per heavy atom. The molecule has 0 aliphatic rings. The van der Waals surface area contributed by atoms with Crippen molar-refractivity contribution in [3.63, 3.8) is 0 Å². The van der Waals surface area contributed by atoms with Crippen LogP contribution in [-0.2, 0) is 14.3 Å². The molecule has 27 heavy (non-hydrogen) atoms. The van der Waals surface area contributed by atoms with E-state index in [0.717, 1.165) is 4.88 Å². The topological polar surface area (TPSA) is 114 Å². The van der Waals surface area contributed by atoms with Gasteiger partial charge in [0.05, 0.1) is 0 Å². The molecule has 0 saturated heterocycles. The highest BCUT2D eigenvalue weighted by atomic mass is 32.1. The molecule has 0 fully saturated rings. The molecule has 0 aliphatic heterocycles. The van der Waals surface area contributed by atoms with Crippen molar-refractivity contribution < 1.29 is 23.9 Å². The smallest absolute Gasteiger partial charge is 0.342 e. The summed E-state index contributed by atoms with van der Waals surface area (Å²) in [6, 6.07) is 2.87. The lowest BCUT2D eigenvalue weighted by molar-refractivity contribution is -0.123. The fourth-order valence-electron chi connectivity index (χ4n) is 2.09. The van der Waals surface area contributed by atoms with Crippen LogP contribution in [0.4, 0.5) is 9.80 Å². The van der Waals surface area contributed by atoms with E-state index in [9.17, 15) is 19.2 Å². The summed E-state index contributed by atoms with van der Waals surface area (Å²) >= 11 is 2.62. The Morgan fingerprint density at radius 3 is 2.52 bits per heavy atom. The fourth-order valence-corrected chi connectivity index (χ4v) is 3.91. The van der Waals surface area contributed by atoms with Crippen molar-refractivity contribution in [3.05, 3.63) is 28.5 Å². The number of amides is 4. The van der Waals surface area contributed by atoms with Crippen molar-refractivity contribution >= 4 is 51.5 Å². The van der Waals surface area contributed by atoms with Gasteiger partial charge in [0.15, 0.2) is 6.61 Å². The van der Waals surface area contributed by atoms with Crippen LogP contribution in [0.1, 0.15) is 31.1 Å². The summed E-state index contributed by atoms with van der Waals surface area (Å²) < 4.78 is 5.04. The van der Waals surface area contributed by atoms with E-state index in [-0.39, 0.29) is 17.5 Å². The number of thiophene rings is 2. The molecule has 2 heterocycles. The number of hydrogen-bond acceptors (Lipinski definition) is 7. The van der Waals surface area contributed by atoms with E-state index in [1.54, 1.807) is 19.2 Å². The molecule has 0 saturated carbocycles. The number of rotatable bonds is 6. The molecule has 8 nitrogen and oxygen atoms in total. The summed E-state index contributed by atoms with van der Waals surface area (Å²) in [7, 11) is 0. The molecule has 144 valence electrons. The van der Waals surface area contributed by atoms with Gasteiger partial charge in [0.25, 0.3) is 5.91 Å². The summed E-state index contributed by atoms with van der Waals surface area (Å²) in [5.74, 6) is -1.84. The molecular weight excluding hydrogens is 390 g/mol. The maximum Gasteiger partial charge on any atom is 0.342 e. The number of hydrogen-bond donors (Lipinski definition) is 3. The fraction of sp³-hybridized carbons (Fsp3) is 0.294. The van der Waals surface area contributed by atoms with Gasteiger partial charge in [0, 0.05) is 28.8 Å². The third-order valence-corrected chi connectivity index (χ3v) is 4.88. The lowest BCUT2D eigenvalue weighted by Crippen LogP contribution is -2.44. The van der Waals surface area contributed by atoms with Gasteiger partial charge in [-0.1, -0.05) is 6.07 Å². The highest BCUT2D eigenvalue weighted by Crippen LogP contribution is 2.38. The molecule has 0 radical (unpaired) electrons. The minimum Gasteiger partial charge on any atom is -0.452 e. The van der Waals surface area contributed by atoms with Gasteiger partial charge in [0.1, 0.15) is 10.6 Å². The van der Waals surface area contributed by atoms with E-state index >= 15 is 0 Å². The van der Waals surface area contributed by atoms with Crippen molar-refractivity contribution in [1.82, 2.24) is 10.6 Å². The Balaban J connectivity index is 2.10. The molecule has 2 aromatic heterocycles. The van der Waals surface area contributed by atoms with Crippen LogP contribution in [0.25, 0.3) is 10.4 Å². The monoisotopic (exact) mass is 409 g/mol. The molecule has 0 aromatic carbocycles. The number of carbonyl (C=O) groups is 4. The summed E-state index contributed by atoms with van der Waals surface area (Å²) in [6.45, 7) is 4.20. The zero-order valence-corrected chi connectivity index (χ0v) is 16.6. The van der Waals surface area contributed by atoms with Crippen molar-refractivity contribution in [1.29, 1.82) is 0 Å². The van der Waals surface area contributed by atoms with Gasteiger partial charge in [0.2, 0.25) is 5.91 Å². The van der Waals surface area contributed by atoms with E-state index in [2.05, 4.69) is 16.0 Å². The van der Waals surface area contributed by atoms with E-state index < -0.39 is 24.5 Å². The van der Waals surface area contributed by atoms with Gasteiger partial charge in [-0.3, -0.25) is 14.9 Å². The SMILES string of the molecule is CC(=O)Nc1scc(-c2cccs2)c1C(=O)OCC(=O)NC(=O)NC(C)C. The molecule has 0 unspecified atom stereocenters. The average molecular weight is 409 g/mol. The maximum absolute atomic E-state index is 12.5. The van der Waals surface area contributed by atoms with Gasteiger partial charge in [-0.05, 0) is 25.3 Å². The third kappa shape index (κ3) is 5.90. The largest absolute Gasteiger partial charge is 0.452 e. The van der Waals surface area contributed by atoms with Crippen LogP contribution in [0.2, 0.25) is 0 Å². The second-order valence-electron chi connectivity index (χ2n) is 5.76. The first-order valence-corrected chi connectivity index (χ1v) is 9.74. The van der Waals surface area contributed by atoms with Gasteiger partial charge in [-0.2, -0.15) is 0 Å². The first-order valence-electron chi connectivity index (χ1n) is 7.98. The zero-order valence-electron chi connectivity index (χ0n) is 15.0. The molecular formula is C17H19N3O5S2. The van der Waals surface area contributed by atoms with Crippen LogP contribution in [0.3, 0.4) is 0 Å². The summed E-state index contributed by atoms with van der Waals surface area (Å²) in [5, 5.41) is 11.1. The Labute approximate surface area is 163 Å². The molecule has 3 N–H and O–H groups in total. The molecule has 0 atom stereocenters. The predicted molar refractivity (Wildman–Crippen MR) is 104 cm³/mol. The Kier molecular flexibility index (Phi) is 7.08. The number of esters is 1. The second kappa shape index (κ2) is 9.28. The number of carbonyl (C=O) groups excluding carboxylic acids is 4. The predicted octanol–water partition coefficient (Wildman–Crippen LogP) is 2.83. The first kappa shape index (κ1) is 20.6. The molecule has 10 heteroatoms. The van der Waals surface area contributed by atoms with Crippen molar-refractivity contribution in [3.8, 4) is 10.4 Å². The van der Waals surface area contributed by atoms with Gasteiger partial charge in [-0.15, -0.1) is 22.7 Å². The van der Waals surface area contributed by atoms with Crippen molar-refractivity contribution in [2.45, 2.75) is 26.8 Å². The molecule has 2 rings (SSSR count). The summed E-state index contributed by atoms with van der Waals surface area (Å²) in [5.41, 5.74) is 0.791. The molecule has 0 aliphatic carbocycles. The lowest BCUT2D eigenvalue weighted by Gasteiger charge is -2.10. The minimum atomic E-state index is -0.761. The van der Waals surface area contributed by atoms with Crippen LogP contribution in [-0.4, -0.2) is 36.5 Å². The number of urea groups is 1. The third-order valence-electron chi connectivity index (χ3n) is 3.08. The molecule has 2 aromatic rings. The standard InChI is InChI=1S/C17H19N3O5S2/c1-9(2)18-17(24)20-13(22)7-25-16(23)14-11(12-5-4-6-26-12)8-27-15(14)19-10(3)21/h4-6,8-9H,7H2,1-3H3,(H,19,21)(H2,18,20,22,24). The van der Waals surface area contributed by atoms with E-state index in [1.165, 1.54) is 29.6 Å². The molecule has 4 amide bonds. The van der Waals surface area contributed by atoms with Crippen molar-refractivity contribution in [2.24, 2.45) is 0 Å². The highest BCUT2D eigenvalue weighted by molar-refractivity contribution is 7.17. The van der Waals surface area contributed by atoms with E-state index in [0.29, 0.717) is 10.6 Å². The van der Waals surface area contributed by atoms with E-state index in [4.69, 9.17) is 4.74 Å². The number of nitrogens with one attached hydrogen (secondary N) is 3. The summed E-state index contributed by atoms with van der Waals surface area (Å²) in [6.07, 6.45) is 0. The van der Waals surface area contributed by atoms with Gasteiger partial charge >= 0.3 is 12.0 Å².